The van der Waals surface area contributed by atoms with Gasteiger partial charge in [-0.2, -0.15) is 0 Å². The minimum absolute atomic E-state index is 0.165. The molecule has 0 amide bonds. The van der Waals surface area contributed by atoms with Crippen molar-refractivity contribution in [3.05, 3.63) is 176 Å². The summed E-state index contributed by atoms with van der Waals surface area (Å²) in [6.07, 6.45) is 74.4. The maximum atomic E-state index is 7.35. The van der Waals surface area contributed by atoms with Crippen molar-refractivity contribution in [2.45, 2.75) is 173 Å². The smallest absolute Gasteiger partial charge is 0.161 e. The Morgan fingerprint density at radius 2 is 1.34 bits per heavy atom. The summed E-state index contributed by atoms with van der Waals surface area (Å²) < 4.78 is 14.7. The molecule has 0 aromatic carbocycles. The largest absolute Gasteiger partial charge is 0.482 e. The van der Waals surface area contributed by atoms with Crippen LogP contribution in [0.15, 0.2) is 176 Å². The molecule has 13 rings (SSSR count). The van der Waals surface area contributed by atoms with Crippen LogP contribution in [0.5, 0.6) is 0 Å². The summed E-state index contributed by atoms with van der Waals surface area (Å²) >= 11 is 0. The van der Waals surface area contributed by atoms with Crippen LogP contribution in [0.3, 0.4) is 0 Å². The van der Waals surface area contributed by atoms with E-state index in [9.17, 15) is 0 Å². The van der Waals surface area contributed by atoms with Crippen LogP contribution in [0.2, 0.25) is 0 Å². The van der Waals surface area contributed by atoms with Crippen molar-refractivity contribution in [1.82, 2.24) is 0 Å². The lowest BCUT2D eigenvalue weighted by molar-refractivity contribution is 0.0865. The Kier molecular flexibility index (Phi) is 12.3. The van der Waals surface area contributed by atoms with Crippen molar-refractivity contribution in [3.63, 3.8) is 0 Å². The highest BCUT2D eigenvalue weighted by molar-refractivity contribution is 5.52. The van der Waals surface area contributed by atoms with Gasteiger partial charge in [0.15, 0.2) is 11.5 Å². The van der Waals surface area contributed by atoms with Crippen LogP contribution in [0.1, 0.15) is 161 Å². The Bertz CT molecular complexity index is 2520. The minimum Gasteiger partial charge on any atom is -0.482 e. The lowest BCUT2D eigenvalue weighted by Gasteiger charge is -2.38. The lowest BCUT2D eigenvalue weighted by Crippen LogP contribution is -2.30. The summed E-state index contributed by atoms with van der Waals surface area (Å²) in [5.74, 6) is 7.98. The zero-order valence-corrected chi connectivity index (χ0v) is 41.2. The van der Waals surface area contributed by atoms with Crippen LogP contribution in [0, 0.1) is 53.3 Å². The number of ether oxygens (including phenoxy) is 2. The van der Waals surface area contributed by atoms with Crippen molar-refractivity contribution in [2.24, 2.45) is 53.3 Å². The first-order chi connectivity index (χ1) is 33.7. The summed E-state index contributed by atoms with van der Waals surface area (Å²) in [6, 6.07) is 0. The molecule has 0 aromatic heterocycles. The quantitative estimate of drug-likeness (QED) is 0.226. The maximum Gasteiger partial charge on any atom is 0.161 e. The van der Waals surface area contributed by atoms with Crippen molar-refractivity contribution in [2.75, 3.05) is 0 Å². The average molecular weight is 903 g/mol. The number of allylic oxidation sites excluding steroid dienone is 23. The summed E-state index contributed by atoms with van der Waals surface area (Å²) in [6.45, 7) is 0. The molecular formula is C66H78O2. The van der Waals surface area contributed by atoms with Gasteiger partial charge in [-0.15, -0.1) is 0 Å². The monoisotopic (exact) mass is 903 g/mol. The molecule has 0 fully saturated rings. The normalized spacial score (nSPS) is 37.6. The van der Waals surface area contributed by atoms with E-state index in [2.05, 4.69) is 103 Å². The number of fused-ring (bicyclic) bond motifs is 5. The van der Waals surface area contributed by atoms with E-state index in [0.717, 1.165) is 12.3 Å². The molecular weight excluding hydrogens is 825 g/mol. The molecule has 11 atom stereocenters. The molecule has 68 heavy (non-hydrogen) atoms. The molecule has 354 valence electrons. The van der Waals surface area contributed by atoms with E-state index in [4.69, 9.17) is 9.47 Å². The molecule has 13 aliphatic rings. The fourth-order valence-corrected chi connectivity index (χ4v) is 16.1. The van der Waals surface area contributed by atoms with Gasteiger partial charge in [0.1, 0.15) is 12.2 Å². The van der Waals surface area contributed by atoms with Crippen LogP contribution in [-0.2, 0) is 9.47 Å². The fraction of sp³-hybridized carbons (Fsp3) is 0.545. The molecule has 0 aromatic rings. The van der Waals surface area contributed by atoms with Gasteiger partial charge < -0.3 is 9.47 Å². The molecule has 0 saturated carbocycles. The third kappa shape index (κ3) is 8.38. The van der Waals surface area contributed by atoms with E-state index in [0.29, 0.717) is 47.3 Å². The average Bonchev–Trinajstić information content (AvgIpc) is 4.01. The first-order valence-corrected chi connectivity index (χ1v) is 28.5. The second kappa shape index (κ2) is 19.1. The molecule has 0 spiro atoms. The highest BCUT2D eigenvalue weighted by atomic mass is 16.5. The Balaban J connectivity index is 0.684. The van der Waals surface area contributed by atoms with Gasteiger partial charge in [0, 0.05) is 17.8 Å². The van der Waals surface area contributed by atoms with Gasteiger partial charge in [0.2, 0.25) is 0 Å². The van der Waals surface area contributed by atoms with E-state index in [1.165, 1.54) is 171 Å². The molecule has 0 saturated heterocycles. The Hall–Kier alpha value is -4.30. The van der Waals surface area contributed by atoms with Gasteiger partial charge in [0.05, 0.1) is 0 Å². The second-order valence-electron chi connectivity index (χ2n) is 23.5. The highest BCUT2D eigenvalue weighted by Gasteiger charge is 2.51. The van der Waals surface area contributed by atoms with Gasteiger partial charge in [0.25, 0.3) is 0 Å². The minimum atomic E-state index is 0.165. The van der Waals surface area contributed by atoms with Crippen LogP contribution < -0.4 is 0 Å². The van der Waals surface area contributed by atoms with Crippen LogP contribution in [-0.4, -0.2) is 12.2 Å². The first-order valence-electron chi connectivity index (χ1n) is 28.5. The van der Waals surface area contributed by atoms with E-state index >= 15 is 0 Å². The maximum absolute atomic E-state index is 7.35. The van der Waals surface area contributed by atoms with Crippen molar-refractivity contribution in [1.29, 1.82) is 0 Å². The van der Waals surface area contributed by atoms with E-state index < -0.39 is 0 Å². The van der Waals surface area contributed by atoms with Gasteiger partial charge in [-0.05, 0) is 252 Å². The Morgan fingerprint density at radius 1 is 0.500 bits per heavy atom. The van der Waals surface area contributed by atoms with E-state index in [1.807, 2.05) is 0 Å². The van der Waals surface area contributed by atoms with Crippen LogP contribution in [0.4, 0.5) is 0 Å². The number of hydrogen-bond donors (Lipinski definition) is 0. The zero-order chi connectivity index (χ0) is 45.0. The predicted octanol–water partition coefficient (Wildman–Crippen LogP) is 17.3. The predicted molar refractivity (Wildman–Crippen MR) is 280 cm³/mol. The van der Waals surface area contributed by atoms with E-state index in [1.54, 1.807) is 55.7 Å². The summed E-state index contributed by atoms with van der Waals surface area (Å²) in [7, 11) is 0. The molecule has 2 heteroatoms. The van der Waals surface area contributed by atoms with Crippen LogP contribution in [0.25, 0.3) is 0 Å². The SMILES string of the molecule is C1=CCC(C2CC(C3CC=C(C4=CCCC5C6=C(OC45)C4=C(CC6)C5CCC=C(C6CC=C(C7=CC(C8=CCCCC8)=CC(C8C=CCCC8)C7)CC6)C5O4)CC3)=CC(C3=CCCC=C3)C2)C=C1. The fourth-order valence-electron chi connectivity index (χ4n) is 16.1. The van der Waals surface area contributed by atoms with Gasteiger partial charge in [-0.25, -0.2) is 0 Å². The molecule has 11 unspecified atom stereocenters. The number of hydrogen-bond acceptors (Lipinski definition) is 2. The summed E-state index contributed by atoms with van der Waals surface area (Å²) in [5.41, 5.74) is 17.7. The summed E-state index contributed by atoms with van der Waals surface area (Å²) in [5, 5.41) is 0. The van der Waals surface area contributed by atoms with Crippen molar-refractivity contribution >= 4 is 0 Å². The molecule has 0 bridgehead atoms. The van der Waals surface area contributed by atoms with Gasteiger partial charge in [-0.1, -0.05) is 109 Å². The molecule has 2 nitrogen and oxygen atoms in total. The third-order valence-corrected chi connectivity index (χ3v) is 19.7. The van der Waals surface area contributed by atoms with Crippen LogP contribution >= 0.6 is 0 Å². The third-order valence-electron chi connectivity index (χ3n) is 19.7. The van der Waals surface area contributed by atoms with Gasteiger partial charge in [-0.3, -0.25) is 0 Å². The molecule has 0 radical (unpaired) electrons. The topological polar surface area (TPSA) is 18.5 Å². The highest BCUT2D eigenvalue weighted by Crippen LogP contribution is 2.57. The zero-order valence-electron chi connectivity index (χ0n) is 41.2. The molecule has 0 N–H and O–H groups in total. The van der Waals surface area contributed by atoms with Gasteiger partial charge >= 0.3 is 0 Å². The number of rotatable bonds is 8. The first kappa shape index (κ1) is 43.7. The van der Waals surface area contributed by atoms with Crippen molar-refractivity contribution in [3.8, 4) is 0 Å². The van der Waals surface area contributed by atoms with Crippen molar-refractivity contribution < 1.29 is 9.47 Å². The standard InChI is InChI=1S/C66H78O2/c1-5-15-43(16-6-1)51-37-52(44-17-7-2-8-18-44)40-55(39-51)47-27-31-49(32-28-47)57-23-13-25-59-61-35-36-62-60-26-14-24-58(64(60)68-66(62)65(61)67-63(57)59)50-33-29-48(30-34-50)56-41-53(45-19-9-3-10-20-45)38-54(42-56)46-21-11-4-12-22-46/h1,5-7,9,15,17-19,21,23-24,29,31,38,40,42-43,45,47,50-53,59-60,63-64H,2-4,8,10-14,16,20,22,25-28,30,32-37,39,41H2. The molecule has 2 heterocycles. The Morgan fingerprint density at radius 3 is 2.10 bits per heavy atom. The molecule has 11 aliphatic carbocycles. The second-order valence-corrected chi connectivity index (χ2v) is 23.5. The lowest BCUT2D eigenvalue weighted by atomic mass is 9.67. The summed E-state index contributed by atoms with van der Waals surface area (Å²) in [4.78, 5) is 0. The Labute approximate surface area is 409 Å². The van der Waals surface area contributed by atoms with E-state index in [-0.39, 0.29) is 12.2 Å². The molecule has 2 aliphatic heterocycles.